The van der Waals surface area contributed by atoms with Gasteiger partial charge in [-0.2, -0.15) is 0 Å². The van der Waals surface area contributed by atoms with Crippen molar-refractivity contribution in [1.29, 1.82) is 0 Å². The van der Waals surface area contributed by atoms with Crippen LogP contribution >= 0.6 is 0 Å². The molecule has 1 aromatic carbocycles. The minimum Gasteiger partial charge on any atom is -0.477 e. The molecule has 7 nitrogen and oxygen atoms in total. The summed E-state index contributed by atoms with van der Waals surface area (Å²) in [4.78, 5) is 20.7. The van der Waals surface area contributed by atoms with E-state index in [2.05, 4.69) is 5.32 Å². The van der Waals surface area contributed by atoms with Crippen molar-refractivity contribution >= 4 is 17.3 Å². The molecule has 0 aliphatic carbocycles. The predicted molar refractivity (Wildman–Crippen MR) is 69.3 cm³/mol. The fourth-order valence-corrected chi connectivity index (χ4v) is 1.62. The van der Waals surface area contributed by atoms with E-state index in [0.717, 1.165) is 6.07 Å². The number of nitro benzene ring substituents is 1. The van der Waals surface area contributed by atoms with Crippen LogP contribution in [0.3, 0.4) is 0 Å². The average Bonchev–Trinajstić information content (AvgIpc) is 2.35. The molecular weight excluding hydrogens is 271 g/mol. The monoisotopic (exact) mass is 286 g/mol. The molecule has 8 heteroatoms. The van der Waals surface area contributed by atoms with Crippen LogP contribution in [0.15, 0.2) is 12.1 Å². The number of aliphatic hydroxyl groups is 1. The summed E-state index contributed by atoms with van der Waals surface area (Å²) in [7, 11) is 0. The molecule has 1 atom stereocenters. The number of nitrogens with zero attached hydrogens (tertiary/aromatic N) is 1. The quantitative estimate of drug-likeness (QED) is 0.543. The Morgan fingerprint density at radius 3 is 2.50 bits per heavy atom. The molecule has 0 heterocycles. The molecule has 0 aromatic heterocycles. The Kier molecular flexibility index (Phi) is 4.98. The van der Waals surface area contributed by atoms with Gasteiger partial charge in [0.2, 0.25) is 0 Å². The maximum Gasteiger partial charge on any atom is 0.342 e. The zero-order valence-corrected chi connectivity index (χ0v) is 11.0. The lowest BCUT2D eigenvalue weighted by atomic mass is 10.0. The zero-order valence-electron chi connectivity index (χ0n) is 11.0. The molecule has 110 valence electrons. The van der Waals surface area contributed by atoms with Crippen molar-refractivity contribution in [2.45, 2.75) is 19.9 Å². The van der Waals surface area contributed by atoms with Crippen LogP contribution in [-0.2, 0) is 0 Å². The van der Waals surface area contributed by atoms with Gasteiger partial charge in [0.25, 0.3) is 5.69 Å². The number of carbonyl (C=O) groups is 1. The highest BCUT2D eigenvalue weighted by atomic mass is 19.1. The third-order valence-corrected chi connectivity index (χ3v) is 2.85. The van der Waals surface area contributed by atoms with Crippen LogP contribution in [0.25, 0.3) is 0 Å². The largest absolute Gasteiger partial charge is 0.477 e. The minimum atomic E-state index is -1.52. The van der Waals surface area contributed by atoms with Crippen LogP contribution in [0.2, 0.25) is 0 Å². The summed E-state index contributed by atoms with van der Waals surface area (Å²) in [5.74, 6) is -2.51. The SMILES string of the molecule is CC(C)C(CO)Nc1cc(C(=O)O)c([N+](=O)[O-])cc1F. The van der Waals surface area contributed by atoms with Gasteiger partial charge >= 0.3 is 5.97 Å². The van der Waals surface area contributed by atoms with Crippen LogP contribution in [0.1, 0.15) is 24.2 Å². The summed E-state index contributed by atoms with van der Waals surface area (Å²) in [6.45, 7) is 3.29. The Balaban J connectivity index is 3.25. The molecule has 0 saturated heterocycles. The topological polar surface area (TPSA) is 113 Å². The Morgan fingerprint density at radius 2 is 2.10 bits per heavy atom. The first kappa shape index (κ1) is 15.8. The lowest BCUT2D eigenvalue weighted by molar-refractivity contribution is -0.385. The van der Waals surface area contributed by atoms with E-state index in [1.54, 1.807) is 13.8 Å². The van der Waals surface area contributed by atoms with Crippen LogP contribution in [0.4, 0.5) is 15.8 Å². The molecule has 0 radical (unpaired) electrons. The molecule has 1 unspecified atom stereocenters. The Hall–Kier alpha value is -2.22. The highest BCUT2D eigenvalue weighted by Crippen LogP contribution is 2.27. The van der Waals surface area contributed by atoms with Crippen molar-refractivity contribution in [3.05, 3.63) is 33.6 Å². The van der Waals surface area contributed by atoms with Gasteiger partial charge in [-0.25, -0.2) is 9.18 Å². The predicted octanol–water partition coefficient (Wildman–Crippen LogP) is 1.86. The van der Waals surface area contributed by atoms with Crippen molar-refractivity contribution in [3.63, 3.8) is 0 Å². The Bertz CT molecular complexity index is 533. The van der Waals surface area contributed by atoms with Gasteiger partial charge in [-0.15, -0.1) is 0 Å². The van der Waals surface area contributed by atoms with Gasteiger partial charge in [0.15, 0.2) is 5.82 Å². The standard InChI is InChI=1S/C12H15FN2O5/c1-6(2)10(5-16)14-9-3-7(12(17)18)11(15(19)20)4-8(9)13/h3-4,6,10,14,16H,5H2,1-2H3,(H,17,18). The zero-order chi connectivity index (χ0) is 15.4. The summed E-state index contributed by atoms with van der Waals surface area (Å²) >= 11 is 0. The number of nitrogens with one attached hydrogen (secondary N) is 1. The molecule has 0 spiro atoms. The molecule has 0 saturated carbocycles. The van der Waals surface area contributed by atoms with E-state index in [1.807, 2.05) is 0 Å². The van der Waals surface area contributed by atoms with Gasteiger partial charge in [-0.1, -0.05) is 13.8 Å². The van der Waals surface area contributed by atoms with Gasteiger partial charge < -0.3 is 15.5 Å². The lowest BCUT2D eigenvalue weighted by Gasteiger charge is -2.21. The summed E-state index contributed by atoms with van der Waals surface area (Å²) < 4.78 is 13.8. The molecule has 0 fully saturated rings. The fraction of sp³-hybridized carbons (Fsp3) is 0.417. The van der Waals surface area contributed by atoms with Crippen LogP contribution in [0, 0.1) is 21.8 Å². The number of carboxylic acids is 1. The maximum absolute atomic E-state index is 13.8. The van der Waals surface area contributed by atoms with Gasteiger partial charge in [-0.05, 0) is 12.0 Å². The molecule has 3 N–H and O–H groups in total. The highest BCUT2D eigenvalue weighted by Gasteiger charge is 2.24. The van der Waals surface area contributed by atoms with Crippen molar-refractivity contribution in [1.82, 2.24) is 0 Å². The number of aliphatic hydroxyl groups excluding tert-OH is 1. The van der Waals surface area contributed by atoms with E-state index in [0.29, 0.717) is 6.07 Å². The molecule has 0 aliphatic heterocycles. The normalized spacial score (nSPS) is 12.2. The van der Waals surface area contributed by atoms with Crippen molar-refractivity contribution in [2.24, 2.45) is 5.92 Å². The number of aromatic carboxylic acids is 1. The average molecular weight is 286 g/mol. The van der Waals surface area contributed by atoms with E-state index in [-0.39, 0.29) is 18.2 Å². The van der Waals surface area contributed by atoms with Crippen molar-refractivity contribution in [2.75, 3.05) is 11.9 Å². The third-order valence-electron chi connectivity index (χ3n) is 2.85. The number of nitro groups is 1. The smallest absolute Gasteiger partial charge is 0.342 e. The van der Waals surface area contributed by atoms with E-state index < -0.39 is 34.0 Å². The number of carboxylic acid groups (broad SMARTS) is 1. The molecular formula is C12H15FN2O5. The highest BCUT2D eigenvalue weighted by molar-refractivity contribution is 5.93. The Labute approximate surface area is 114 Å². The van der Waals surface area contributed by atoms with Crippen molar-refractivity contribution < 1.29 is 24.3 Å². The van der Waals surface area contributed by atoms with E-state index >= 15 is 0 Å². The molecule has 1 rings (SSSR count). The van der Waals surface area contributed by atoms with Gasteiger partial charge in [0.1, 0.15) is 5.56 Å². The molecule has 0 bridgehead atoms. The van der Waals surface area contributed by atoms with E-state index in [9.17, 15) is 19.3 Å². The summed E-state index contributed by atoms with van der Waals surface area (Å²) in [6.07, 6.45) is 0. The fourth-order valence-electron chi connectivity index (χ4n) is 1.62. The number of anilines is 1. The number of rotatable bonds is 6. The summed E-state index contributed by atoms with van der Waals surface area (Å²) in [5.41, 5.74) is -1.62. The summed E-state index contributed by atoms with van der Waals surface area (Å²) in [6, 6.07) is 0.925. The maximum atomic E-state index is 13.8. The first-order chi connectivity index (χ1) is 9.27. The van der Waals surface area contributed by atoms with Gasteiger partial charge in [0, 0.05) is 0 Å². The lowest BCUT2D eigenvalue weighted by Crippen LogP contribution is -2.30. The van der Waals surface area contributed by atoms with Gasteiger partial charge in [0.05, 0.1) is 29.3 Å². The molecule has 0 aliphatic rings. The number of halogens is 1. The first-order valence-electron chi connectivity index (χ1n) is 5.86. The Morgan fingerprint density at radius 1 is 1.50 bits per heavy atom. The molecule has 20 heavy (non-hydrogen) atoms. The minimum absolute atomic E-state index is 0.0390. The number of hydrogen-bond acceptors (Lipinski definition) is 5. The first-order valence-corrected chi connectivity index (χ1v) is 5.86. The van der Waals surface area contributed by atoms with Crippen LogP contribution in [0.5, 0.6) is 0 Å². The second-order valence-corrected chi connectivity index (χ2v) is 4.59. The van der Waals surface area contributed by atoms with Crippen LogP contribution < -0.4 is 5.32 Å². The molecule has 1 aromatic rings. The second-order valence-electron chi connectivity index (χ2n) is 4.59. The number of benzene rings is 1. The van der Waals surface area contributed by atoms with E-state index in [1.165, 1.54) is 0 Å². The van der Waals surface area contributed by atoms with Crippen molar-refractivity contribution in [3.8, 4) is 0 Å². The third kappa shape index (κ3) is 3.41. The number of hydrogen-bond donors (Lipinski definition) is 3. The second kappa shape index (κ2) is 6.29. The van der Waals surface area contributed by atoms with Gasteiger partial charge in [-0.3, -0.25) is 10.1 Å². The summed E-state index contributed by atoms with van der Waals surface area (Å²) in [5, 5.41) is 31.4. The molecule has 0 amide bonds. The van der Waals surface area contributed by atoms with E-state index in [4.69, 9.17) is 10.2 Å². The van der Waals surface area contributed by atoms with Crippen LogP contribution in [-0.4, -0.2) is 33.8 Å².